The van der Waals surface area contributed by atoms with Crippen LogP contribution in [0.25, 0.3) is 0 Å². The molecule has 3 N–H and O–H groups in total. The van der Waals surface area contributed by atoms with Crippen molar-refractivity contribution < 1.29 is 13.2 Å². The molecule has 1 unspecified atom stereocenters. The van der Waals surface area contributed by atoms with Gasteiger partial charge in [-0.15, -0.1) is 0 Å². The van der Waals surface area contributed by atoms with Gasteiger partial charge in [0.1, 0.15) is 0 Å². The summed E-state index contributed by atoms with van der Waals surface area (Å²) in [5, 5.41) is 6.23. The van der Waals surface area contributed by atoms with Gasteiger partial charge in [0.05, 0.1) is 17.0 Å². The number of benzene rings is 2. The van der Waals surface area contributed by atoms with Crippen LogP contribution >= 0.6 is 0 Å². The molecule has 1 saturated carbocycles. The van der Waals surface area contributed by atoms with Gasteiger partial charge in [0, 0.05) is 12.2 Å². The van der Waals surface area contributed by atoms with Crippen LogP contribution in [0.3, 0.4) is 0 Å². The summed E-state index contributed by atoms with van der Waals surface area (Å²) in [5.41, 5.74) is 2.88. The Morgan fingerprint density at radius 2 is 1.87 bits per heavy atom. The maximum Gasteiger partial charge on any atom is 0.261 e. The van der Waals surface area contributed by atoms with Gasteiger partial charge in [0.2, 0.25) is 5.91 Å². The molecule has 1 amide bonds. The molecule has 31 heavy (non-hydrogen) atoms. The van der Waals surface area contributed by atoms with Crippen molar-refractivity contribution in [3.63, 3.8) is 0 Å². The predicted octanol–water partition coefficient (Wildman–Crippen LogP) is 4.29. The second-order valence-corrected chi connectivity index (χ2v) is 10.5. The number of carbonyl (C=O) groups excluding carboxylic acids is 1. The molecule has 7 heteroatoms. The van der Waals surface area contributed by atoms with Gasteiger partial charge in [0.15, 0.2) is 0 Å². The smallest absolute Gasteiger partial charge is 0.261 e. The quantitative estimate of drug-likeness (QED) is 0.570. The Labute approximate surface area is 184 Å². The Balaban J connectivity index is 1.41. The molecular weight excluding hydrogens is 410 g/mol. The summed E-state index contributed by atoms with van der Waals surface area (Å²) in [6.07, 6.45) is 6.97. The Morgan fingerprint density at radius 3 is 2.68 bits per heavy atom. The largest absolute Gasteiger partial charge is 0.325 e. The molecule has 6 nitrogen and oxygen atoms in total. The van der Waals surface area contributed by atoms with Gasteiger partial charge in [-0.2, -0.15) is 0 Å². The van der Waals surface area contributed by atoms with Crippen LogP contribution in [0.5, 0.6) is 0 Å². The van der Waals surface area contributed by atoms with Gasteiger partial charge in [-0.3, -0.25) is 9.52 Å². The van der Waals surface area contributed by atoms with Crippen LogP contribution in [0.15, 0.2) is 47.4 Å². The molecule has 1 heterocycles. The van der Waals surface area contributed by atoms with E-state index in [0.717, 1.165) is 23.6 Å². The molecule has 2 aliphatic rings. The van der Waals surface area contributed by atoms with E-state index in [1.165, 1.54) is 38.2 Å². The number of para-hydroxylation sites is 1. The number of amides is 1. The lowest BCUT2D eigenvalue weighted by Gasteiger charge is -2.28. The first kappa shape index (κ1) is 21.8. The fourth-order valence-electron chi connectivity index (χ4n) is 4.64. The molecule has 1 atom stereocenters. The summed E-state index contributed by atoms with van der Waals surface area (Å²) in [6.45, 7) is 3.84. The van der Waals surface area contributed by atoms with E-state index < -0.39 is 10.0 Å². The van der Waals surface area contributed by atoms with Crippen LogP contribution in [-0.2, 0) is 27.8 Å². The zero-order valence-electron chi connectivity index (χ0n) is 18.0. The normalized spacial score (nSPS) is 17.8. The SMILES string of the molecule is CC(CNCc1ccccc1NS(=O)(=O)c1ccc2c(c1)NC(=O)C2)C1CCCCC1. The van der Waals surface area contributed by atoms with Crippen molar-refractivity contribution in [1.29, 1.82) is 0 Å². The summed E-state index contributed by atoms with van der Waals surface area (Å²) in [7, 11) is -3.76. The van der Waals surface area contributed by atoms with E-state index in [1.807, 2.05) is 18.2 Å². The molecule has 1 aliphatic heterocycles. The van der Waals surface area contributed by atoms with Crippen LogP contribution in [0, 0.1) is 11.8 Å². The summed E-state index contributed by atoms with van der Waals surface area (Å²) in [6, 6.07) is 12.2. The Hall–Kier alpha value is -2.38. The molecule has 0 aromatic heterocycles. The zero-order chi connectivity index (χ0) is 21.8. The molecule has 0 saturated heterocycles. The van der Waals surface area contributed by atoms with E-state index in [4.69, 9.17) is 0 Å². The number of hydrogen-bond acceptors (Lipinski definition) is 4. The standard InChI is InChI=1S/C24H31N3O3S/c1-17(18-7-3-2-4-8-18)15-25-16-20-9-5-6-10-22(20)27-31(29,30)21-12-11-19-13-24(28)26-23(19)14-21/h5-6,9-12,14,17-18,25,27H,2-4,7-8,13,15-16H2,1H3,(H,26,28). The second kappa shape index (κ2) is 9.40. The lowest BCUT2D eigenvalue weighted by Crippen LogP contribution is -2.27. The number of anilines is 2. The highest BCUT2D eigenvalue weighted by atomic mass is 32.2. The molecule has 4 rings (SSSR count). The molecule has 2 aromatic rings. The fourth-order valence-corrected chi connectivity index (χ4v) is 5.77. The molecule has 0 bridgehead atoms. The number of fused-ring (bicyclic) bond motifs is 1. The van der Waals surface area contributed by atoms with Crippen LogP contribution < -0.4 is 15.4 Å². The summed E-state index contributed by atoms with van der Waals surface area (Å²) < 4.78 is 28.7. The Kier molecular flexibility index (Phi) is 6.62. The minimum Gasteiger partial charge on any atom is -0.325 e. The summed E-state index contributed by atoms with van der Waals surface area (Å²) in [4.78, 5) is 11.7. The molecule has 2 aromatic carbocycles. The van der Waals surface area contributed by atoms with Crippen molar-refractivity contribution >= 4 is 27.3 Å². The maximum absolute atomic E-state index is 13.0. The first-order chi connectivity index (χ1) is 14.9. The van der Waals surface area contributed by atoms with Gasteiger partial charge in [-0.05, 0) is 47.7 Å². The maximum atomic E-state index is 13.0. The van der Waals surface area contributed by atoms with Crippen LogP contribution in [-0.4, -0.2) is 20.9 Å². The van der Waals surface area contributed by atoms with Gasteiger partial charge < -0.3 is 10.6 Å². The van der Waals surface area contributed by atoms with Crippen LogP contribution in [0.2, 0.25) is 0 Å². The predicted molar refractivity (Wildman–Crippen MR) is 123 cm³/mol. The zero-order valence-corrected chi connectivity index (χ0v) is 18.8. The highest BCUT2D eigenvalue weighted by Gasteiger charge is 2.23. The second-order valence-electron chi connectivity index (χ2n) is 8.81. The fraction of sp³-hybridized carbons (Fsp3) is 0.458. The van der Waals surface area contributed by atoms with Crippen molar-refractivity contribution in [3.05, 3.63) is 53.6 Å². The Bertz CT molecular complexity index is 1050. The van der Waals surface area contributed by atoms with Crippen molar-refractivity contribution in [3.8, 4) is 0 Å². The third-order valence-electron chi connectivity index (χ3n) is 6.51. The van der Waals surface area contributed by atoms with Crippen molar-refractivity contribution in [2.45, 2.75) is 56.9 Å². The first-order valence-corrected chi connectivity index (χ1v) is 12.6. The van der Waals surface area contributed by atoms with Gasteiger partial charge in [-0.1, -0.05) is 63.3 Å². The van der Waals surface area contributed by atoms with Gasteiger partial charge >= 0.3 is 0 Å². The monoisotopic (exact) mass is 441 g/mol. The van der Waals surface area contributed by atoms with Crippen LogP contribution in [0.1, 0.15) is 50.2 Å². The van der Waals surface area contributed by atoms with E-state index in [0.29, 0.717) is 23.8 Å². The van der Waals surface area contributed by atoms with E-state index in [1.54, 1.807) is 18.2 Å². The lowest BCUT2D eigenvalue weighted by atomic mass is 9.81. The molecular formula is C24H31N3O3S. The molecule has 0 spiro atoms. The first-order valence-electron chi connectivity index (χ1n) is 11.2. The Morgan fingerprint density at radius 1 is 1.10 bits per heavy atom. The van der Waals surface area contributed by atoms with Crippen molar-refractivity contribution in [2.24, 2.45) is 11.8 Å². The topological polar surface area (TPSA) is 87.3 Å². The van der Waals surface area contributed by atoms with Crippen LogP contribution in [0.4, 0.5) is 11.4 Å². The van der Waals surface area contributed by atoms with Gasteiger partial charge in [-0.25, -0.2) is 8.42 Å². The van der Waals surface area contributed by atoms with Crippen molar-refractivity contribution in [2.75, 3.05) is 16.6 Å². The highest BCUT2D eigenvalue weighted by molar-refractivity contribution is 7.92. The van der Waals surface area contributed by atoms with E-state index in [9.17, 15) is 13.2 Å². The molecule has 1 aliphatic carbocycles. The third-order valence-corrected chi connectivity index (χ3v) is 7.88. The minimum atomic E-state index is -3.76. The third kappa shape index (κ3) is 5.28. The highest BCUT2D eigenvalue weighted by Crippen LogP contribution is 2.30. The van der Waals surface area contributed by atoms with Crippen molar-refractivity contribution in [1.82, 2.24) is 5.32 Å². The van der Waals surface area contributed by atoms with Gasteiger partial charge in [0.25, 0.3) is 10.0 Å². The number of rotatable bonds is 8. The number of carbonyl (C=O) groups is 1. The van der Waals surface area contributed by atoms with E-state index in [-0.39, 0.29) is 17.2 Å². The number of sulfonamides is 1. The number of hydrogen-bond donors (Lipinski definition) is 3. The number of nitrogens with one attached hydrogen (secondary N) is 3. The summed E-state index contributed by atoms with van der Waals surface area (Å²) >= 11 is 0. The average molecular weight is 442 g/mol. The lowest BCUT2D eigenvalue weighted by molar-refractivity contribution is -0.115. The summed E-state index contributed by atoms with van der Waals surface area (Å²) in [5.74, 6) is 1.29. The average Bonchev–Trinajstić information content (AvgIpc) is 3.14. The molecule has 1 fully saturated rings. The van der Waals surface area contributed by atoms with E-state index in [2.05, 4.69) is 22.3 Å². The van der Waals surface area contributed by atoms with E-state index >= 15 is 0 Å². The minimum absolute atomic E-state index is 0.114. The molecule has 0 radical (unpaired) electrons. The molecule has 166 valence electrons.